The summed E-state index contributed by atoms with van der Waals surface area (Å²) in [6.45, 7) is 3.54. The molecule has 0 radical (unpaired) electrons. The number of hydrogen-bond acceptors (Lipinski definition) is 3. The van der Waals surface area contributed by atoms with Crippen LogP contribution in [0, 0.1) is 0 Å². The number of aryl methyl sites for hydroxylation is 2. The summed E-state index contributed by atoms with van der Waals surface area (Å²) in [6.07, 6.45) is 8.36. The number of nitrogens with zero attached hydrogens (tertiary/aromatic N) is 4. The van der Waals surface area contributed by atoms with E-state index in [9.17, 15) is 9.59 Å². The molecule has 2 aromatic heterocycles. The fourth-order valence-corrected chi connectivity index (χ4v) is 3.22. The predicted molar refractivity (Wildman–Crippen MR) is 87.5 cm³/mol. The Hall–Kier alpha value is -2.37. The lowest BCUT2D eigenvalue weighted by atomic mass is 10.0. The van der Waals surface area contributed by atoms with E-state index in [0.717, 1.165) is 31.6 Å². The van der Waals surface area contributed by atoms with Crippen molar-refractivity contribution in [1.29, 1.82) is 0 Å². The number of aromatic nitrogens is 3. The van der Waals surface area contributed by atoms with Crippen molar-refractivity contribution in [2.75, 3.05) is 13.1 Å². The molecule has 2 aromatic rings. The molecule has 23 heavy (non-hydrogen) atoms. The van der Waals surface area contributed by atoms with Crippen LogP contribution in [0.1, 0.15) is 42.0 Å². The van der Waals surface area contributed by atoms with Gasteiger partial charge in [0.2, 0.25) is 5.56 Å². The number of imidazole rings is 1. The summed E-state index contributed by atoms with van der Waals surface area (Å²) in [5.41, 5.74) is 0.457. The largest absolute Gasteiger partial charge is 0.337 e. The van der Waals surface area contributed by atoms with Gasteiger partial charge < -0.3 is 14.0 Å². The van der Waals surface area contributed by atoms with Crippen LogP contribution in [0.25, 0.3) is 0 Å². The van der Waals surface area contributed by atoms with Gasteiger partial charge in [-0.15, -0.1) is 0 Å². The Kier molecular flexibility index (Phi) is 4.32. The van der Waals surface area contributed by atoms with Crippen molar-refractivity contribution < 1.29 is 4.79 Å². The molecule has 1 atom stereocenters. The molecule has 1 amide bonds. The maximum atomic E-state index is 12.7. The Morgan fingerprint density at radius 3 is 2.96 bits per heavy atom. The van der Waals surface area contributed by atoms with E-state index in [2.05, 4.69) is 16.5 Å². The monoisotopic (exact) mass is 314 g/mol. The minimum atomic E-state index is -0.107. The van der Waals surface area contributed by atoms with Gasteiger partial charge in [-0.2, -0.15) is 0 Å². The average molecular weight is 314 g/mol. The topological polar surface area (TPSA) is 60.1 Å². The van der Waals surface area contributed by atoms with E-state index < -0.39 is 0 Å². The first-order chi connectivity index (χ1) is 11.1. The van der Waals surface area contributed by atoms with Crippen molar-refractivity contribution in [3.8, 4) is 0 Å². The van der Waals surface area contributed by atoms with Crippen molar-refractivity contribution in [2.45, 2.75) is 32.2 Å². The molecule has 3 heterocycles. The summed E-state index contributed by atoms with van der Waals surface area (Å²) in [7, 11) is 1.66. The summed E-state index contributed by atoms with van der Waals surface area (Å²) in [5.74, 6) is 1.05. The molecule has 1 saturated heterocycles. The van der Waals surface area contributed by atoms with Crippen LogP contribution in [-0.4, -0.2) is 38.0 Å². The van der Waals surface area contributed by atoms with Crippen LogP contribution in [0.5, 0.6) is 0 Å². The molecule has 0 aromatic carbocycles. The molecule has 6 heteroatoms. The molecule has 0 spiro atoms. The molecular formula is C17H22N4O2. The molecule has 0 aliphatic carbocycles. The first-order valence-corrected chi connectivity index (χ1v) is 8.07. The summed E-state index contributed by atoms with van der Waals surface area (Å²) < 4.78 is 3.64. The zero-order valence-electron chi connectivity index (χ0n) is 13.6. The second kappa shape index (κ2) is 6.40. The van der Waals surface area contributed by atoms with Crippen molar-refractivity contribution in [2.24, 2.45) is 7.05 Å². The highest BCUT2D eigenvalue weighted by molar-refractivity contribution is 5.94. The van der Waals surface area contributed by atoms with Crippen LogP contribution >= 0.6 is 0 Å². The van der Waals surface area contributed by atoms with E-state index in [0.29, 0.717) is 12.1 Å². The molecule has 0 bridgehead atoms. The fourth-order valence-electron chi connectivity index (χ4n) is 3.22. The SMILES string of the molecule is CCc1nccn1C1CCCN(C(=O)c2ccc(=O)n(C)c2)C1. The van der Waals surface area contributed by atoms with E-state index >= 15 is 0 Å². The Labute approximate surface area is 135 Å². The fraction of sp³-hybridized carbons (Fsp3) is 0.471. The van der Waals surface area contributed by atoms with Crippen LogP contribution in [-0.2, 0) is 13.5 Å². The van der Waals surface area contributed by atoms with Crippen LogP contribution in [0.3, 0.4) is 0 Å². The Morgan fingerprint density at radius 2 is 2.22 bits per heavy atom. The van der Waals surface area contributed by atoms with Crippen LogP contribution in [0.2, 0.25) is 0 Å². The number of piperidine rings is 1. The smallest absolute Gasteiger partial charge is 0.255 e. The van der Waals surface area contributed by atoms with Crippen molar-refractivity contribution >= 4 is 5.91 Å². The quantitative estimate of drug-likeness (QED) is 0.865. The highest BCUT2D eigenvalue weighted by Gasteiger charge is 2.26. The van der Waals surface area contributed by atoms with Gasteiger partial charge in [0.15, 0.2) is 0 Å². The van der Waals surface area contributed by atoms with Crippen molar-refractivity contribution in [1.82, 2.24) is 19.0 Å². The second-order valence-corrected chi connectivity index (χ2v) is 6.02. The molecule has 1 fully saturated rings. The zero-order chi connectivity index (χ0) is 16.4. The van der Waals surface area contributed by atoms with E-state index in [4.69, 9.17) is 0 Å². The van der Waals surface area contributed by atoms with E-state index in [1.54, 1.807) is 19.3 Å². The molecule has 0 N–H and O–H groups in total. The Balaban J connectivity index is 1.79. The zero-order valence-corrected chi connectivity index (χ0v) is 13.6. The highest BCUT2D eigenvalue weighted by atomic mass is 16.2. The summed E-state index contributed by atoms with van der Waals surface area (Å²) in [6, 6.07) is 3.33. The third-order valence-corrected chi connectivity index (χ3v) is 4.47. The van der Waals surface area contributed by atoms with Gasteiger partial charge in [-0.1, -0.05) is 6.92 Å². The number of carbonyl (C=O) groups is 1. The predicted octanol–water partition coefficient (Wildman–Crippen LogP) is 1.62. The first-order valence-electron chi connectivity index (χ1n) is 8.07. The molecule has 1 aliphatic rings. The molecule has 1 unspecified atom stereocenters. The van der Waals surface area contributed by atoms with Crippen molar-refractivity contribution in [3.63, 3.8) is 0 Å². The minimum absolute atomic E-state index is 0.0107. The lowest BCUT2D eigenvalue weighted by Crippen LogP contribution is -2.41. The maximum Gasteiger partial charge on any atom is 0.255 e. The lowest BCUT2D eigenvalue weighted by Gasteiger charge is -2.34. The number of pyridine rings is 1. The van der Waals surface area contributed by atoms with Gasteiger partial charge in [-0.3, -0.25) is 9.59 Å². The van der Waals surface area contributed by atoms with E-state index in [1.165, 1.54) is 10.6 Å². The highest BCUT2D eigenvalue weighted by Crippen LogP contribution is 2.24. The number of likely N-dealkylation sites (tertiary alicyclic amines) is 1. The van der Waals surface area contributed by atoms with Gasteiger partial charge in [-0.25, -0.2) is 4.98 Å². The number of carbonyl (C=O) groups excluding carboxylic acids is 1. The number of amides is 1. The van der Waals surface area contributed by atoms with Gasteiger partial charge in [0.05, 0.1) is 11.6 Å². The number of hydrogen-bond donors (Lipinski definition) is 0. The van der Waals surface area contributed by atoms with Crippen LogP contribution < -0.4 is 5.56 Å². The summed E-state index contributed by atoms with van der Waals surface area (Å²) in [5, 5.41) is 0. The van der Waals surface area contributed by atoms with E-state index in [1.807, 2.05) is 17.3 Å². The number of rotatable bonds is 3. The van der Waals surface area contributed by atoms with Gasteiger partial charge in [-0.05, 0) is 18.9 Å². The molecule has 3 rings (SSSR count). The normalized spacial score (nSPS) is 18.2. The molecule has 122 valence electrons. The molecule has 6 nitrogen and oxygen atoms in total. The Bertz CT molecular complexity index is 762. The third kappa shape index (κ3) is 3.06. The molecule has 0 saturated carbocycles. The maximum absolute atomic E-state index is 12.7. The lowest BCUT2D eigenvalue weighted by molar-refractivity contribution is 0.0677. The minimum Gasteiger partial charge on any atom is -0.337 e. The average Bonchev–Trinajstić information content (AvgIpc) is 3.05. The van der Waals surface area contributed by atoms with Gasteiger partial charge in [0.25, 0.3) is 5.91 Å². The second-order valence-electron chi connectivity index (χ2n) is 6.02. The van der Waals surface area contributed by atoms with E-state index in [-0.39, 0.29) is 17.5 Å². The standard InChI is InChI=1S/C17H22N4O2/c1-3-15-18-8-10-21(15)14-5-4-9-20(12-14)17(23)13-6-7-16(22)19(2)11-13/h6-8,10-11,14H,3-5,9,12H2,1-2H3. The van der Waals surface area contributed by atoms with Crippen molar-refractivity contribution in [3.05, 3.63) is 52.5 Å². The molecule has 1 aliphatic heterocycles. The summed E-state index contributed by atoms with van der Waals surface area (Å²) in [4.78, 5) is 30.5. The van der Waals surface area contributed by atoms with Crippen LogP contribution in [0.4, 0.5) is 0 Å². The third-order valence-electron chi connectivity index (χ3n) is 4.47. The van der Waals surface area contributed by atoms with Gasteiger partial charge >= 0.3 is 0 Å². The summed E-state index contributed by atoms with van der Waals surface area (Å²) >= 11 is 0. The van der Waals surface area contributed by atoms with Gasteiger partial charge in [0, 0.05) is 51.2 Å². The first kappa shape index (κ1) is 15.5. The Morgan fingerprint density at radius 1 is 1.39 bits per heavy atom. The molecular weight excluding hydrogens is 292 g/mol. The van der Waals surface area contributed by atoms with Gasteiger partial charge in [0.1, 0.15) is 5.82 Å². The van der Waals surface area contributed by atoms with Crippen LogP contribution in [0.15, 0.2) is 35.5 Å².